The molecule has 0 saturated heterocycles. The van der Waals surface area contributed by atoms with E-state index in [0.717, 1.165) is 33.8 Å². The van der Waals surface area contributed by atoms with Crippen molar-refractivity contribution < 1.29 is 4.42 Å². The van der Waals surface area contributed by atoms with E-state index in [1.807, 2.05) is 18.2 Å². The Labute approximate surface area is 128 Å². The lowest BCUT2D eigenvalue weighted by atomic mass is 10.0. The smallest absolute Gasteiger partial charge is 0.134 e. The van der Waals surface area contributed by atoms with E-state index < -0.39 is 0 Å². The van der Waals surface area contributed by atoms with Gasteiger partial charge in [-0.15, -0.1) is 5.10 Å². The van der Waals surface area contributed by atoms with Crippen LogP contribution in [-0.2, 0) is 0 Å². The lowest BCUT2D eigenvalue weighted by Crippen LogP contribution is -2.22. The Bertz CT molecular complexity index is 699. The second-order valence-electron chi connectivity index (χ2n) is 5.35. The molecule has 1 N–H and O–H groups in total. The van der Waals surface area contributed by atoms with Crippen LogP contribution in [-0.4, -0.2) is 16.1 Å². The van der Waals surface area contributed by atoms with E-state index in [1.165, 1.54) is 11.5 Å². The zero-order valence-electron chi connectivity index (χ0n) is 12.5. The molecule has 0 fully saturated rings. The number of furan rings is 1. The first-order valence-corrected chi connectivity index (χ1v) is 8.02. The molecular formula is C16H19N3OS. The lowest BCUT2D eigenvalue weighted by molar-refractivity contribution is 0.478. The summed E-state index contributed by atoms with van der Waals surface area (Å²) in [6.45, 7) is 7.24. The Hall–Kier alpha value is -1.72. The molecule has 0 aliphatic rings. The molecule has 0 spiro atoms. The number of rotatable bonds is 5. The first-order chi connectivity index (χ1) is 10.2. The Morgan fingerprint density at radius 2 is 2.10 bits per heavy atom. The zero-order valence-corrected chi connectivity index (χ0v) is 13.3. The van der Waals surface area contributed by atoms with Gasteiger partial charge in [0.2, 0.25) is 0 Å². The second-order valence-corrected chi connectivity index (χ2v) is 6.14. The summed E-state index contributed by atoms with van der Waals surface area (Å²) < 4.78 is 10.2. The highest BCUT2D eigenvalue weighted by atomic mass is 32.1. The minimum atomic E-state index is 0.0137. The standard InChI is InChI=1S/C16H19N3OS/c1-4-17-15(16-14(10(2)3)18-19-21-16)13-9-11-7-5-6-8-12(11)20-13/h5-10,15,17H,4H2,1-3H3. The van der Waals surface area contributed by atoms with E-state index >= 15 is 0 Å². The SMILES string of the molecule is CCNC(c1cc2ccccc2o1)c1snnc1C(C)C. The Kier molecular flexibility index (Phi) is 4.03. The van der Waals surface area contributed by atoms with Crippen molar-refractivity contribution in [2.75, 3.05) is 6.54 Å². The molecule has 2 aromatic heterocycles. The van der Waals surface area contributed by atoms with Crippen molar-refractivity contribution >= 4 is 22.5 Å². The molecule has 0 bridgehead atoms. The fraction of sp³-hybridized carbons (Fsp3) is 0.375. The van der Waals surface area contributed by atoms with Crippen LogP contribution in [0, 0.1) is 0 Å². The molecule has 1 aromatic carbocycles. The van der Waals surface area contributed by atoms with Gasteiger partial charge < -0.3 is 9.73 Å². The number of para-hydroxylation sites is 1. The van der Waals surface area contributed by atoms with Gasteiger partial charge in [-0.05, 0) is 36.1 Å². The highest BCUT2D eigenvalue weighted by molar-refractivity contribution is 7.05. The highest BCUT2D eigenvalue weighted by Gasteiger charge is 2.25. The quantitative estimate of drug-likeness (QED) is 0.770. The fourth-order valence-electron chi connectivity index (χ4n) is 2.48. The van der Waals surface area contributed by atoms with Crippen molar-refractivity contribution in [3.05, 3.63) is 46.7 Å². The summed E-state index contributed by atoms with van der Waals surface area (Å²) in [7, 11) is 0. The molecule has 1 unspecified atom stereocenters. The maximum Gasteiger partial charge on any atom is 0.134 e. The average molecular weight is 301 g/mol. The summed E-state index contributed by atoms with van der Waals surface area (Å²) in [5.74, 6) is 1.27. The highest BCUT2D eigenvalue weighted by Crippen LogP contribution is 2.33. The summed E-state index contributed by atoms with van der Waals surface area (Å²) in [5, 5.41) is 8.90. The van der Waals surface area contributed by atoms with E-state index in [-0.39, 0.29) is 6.04 Å². The maximum atomic E-state index is 6.03. The minimum Gasteiger partial charge on any atom is -0.459 e. The molecular weight excluding hydrogens is 282 g/mol. The molecule has 0 aliphatic heterocycles. The molecule has 110 valence electrons. The van der Waals surface area contributed by atoms with Crippen LogP contribution in [0.3, 0.4) is 0 Å². The molecule has 0 saturated carbocycles. The van der Waals surface area contributed by atoms with Crippen LogP contribution >= 0.6 is 11.5 Å². The predicted molar refractivity (Wildman–Crippen MR) is 85.7 cm³/mol. The molecule has 2 heterocycles. The molecule has 3 aromatic rings. The first kappa shape index (κ1) is 14.2. The Morgan fingerprint density at radius 3 is 2.81 bits per heavy atom. The first-order valence-electron chi connectivity index (χ1n) is 7.24. The molecule has 4 nitrogen and oxygen atoms in total. The van der Waals surface area contributed by atoms with E-state index in [2.05, 4.69) is 47.8 Å². The maximum absolute atomic E-state index is 6.03. The topological polar surface area (TPSA) is 51.0 Å². The van der Waals surface area contributed by atoms with E-state index in [4.69, 9.17) is 4.42 Å². The van der Waals surface area contributed by atoms with Gasteiger partial charge >= 0.3 is 0 Å². The van der Waals surface area contributed by atoms with Crippen molar-refractivity contribution in [3.63, 3.8) is 0 Å². The minimum absolute atomic E-state index is 0.0137. The van der Waals surface area contributed by atoms with Gasteiger partial charge in [-0.2, -0.15) is 0 Å². The predicted octanol–water partition coefficient (Wildman–Crippen LogP) is 4.11. The van der Waals surface area contributed by atoms with Gasteiger partial charge in [-0.1, -0.05) is 43.5 Å². The number of nitrogens with zero attached hydrogens (tertiary/aromatic N) is 2. The largest absolute Gasteiger partial charge is 0.459 e. The molecule has 3 rings (SSSR count). The second kappa shape index (κ2) is 5.95. The number of hydrogen-bond donors (Lipinski definition) is 1. The van der Waals surface area contributed by atoms with E-state index in [0.29, 0.717) is 5.92 Å². The third-order valence-electron chi connectivity index (χ3n) is 3.49. The van der Waals surface area contributed by atoms with Gasteiger partial charge in [0.1, 0.15) is 17.4 Å². The van der Waals surface area contributed by atoms with Crippen LogP contribution in [0.1, 0.15) is 49.1 Å². The third kappa shape index (κ3) is 2.71. The van der Waals surface area contributed by atoms with E-state index in [1.54, 1.807) is 0 Å². The van der Waals surface area contributed by atoms with E-state index in [9.17, 15) is 0 Å². The number of aromatic nitrogens is 2. The number of fused-ring (bicyclic) bond motifs is 1. The molecule has 21 heavy (non-hydrogen) atoms. The Balaban J connectivity index is 2.06. The Morgan fingerprint density at radius 1 is 1.29 bits per heavy atom. The van der Waals surface area contributed by atoms with Crippen LogP contribution in [0.25, 0.3) is 11.0 Å². The van der Waals surface area contributed by atoms with Crippen LogP contribution in [0.4, 0.5) is 0 Å². The summed E-state index contributed by atoms with van der Waals surface area (Å²) >= 11 is 1.45. The summed E-state index contributed by atoms with van der Waals surface area (Å²) in [5.41, 5.74) is 1.96. The van der Waals surface area contributed by atoms with Crippen molar-refractivity contribution in [1.82, 2.24) is 14.9 Å². The van der Waals surface area contributed by atoms with Gasteiger partial charge in [0, 0.05) is 5.39 Å². The number of hydrogen-bond acceptors (Lipinski definition) is 5. The van der Waals surface area contributed by atoms with Crippen LogP contribution in [0.15, 0.2) is 34.7 Å². The van der Waals surface area contributed by atoms with Gasteiger partial charge in [0.25, 0.3) is 0 Å². The van der Waals surface area contributed by atoms with Crippen molar-refractivity contribution in [2.24, 2.45) is 0 Å². The fourth-order valence-corrected chi connectivity index (χ4v) is 3.37. The molecule has 0 amide bonds. The normalized spacial score (nSPS) is 13.1. The summed E-state index contributed by atoms with van der Waals surface area (Å²) in [4.78, 5) is 1.14. The number of nitrogens with one attached hydrogen (secondary N) is 1. The van der Waals surface area contributed by atoms with Gasteiger partial charge in [0.05, 0.1) is 10.6 Å². The van der Waals surface area contributed by atoms with Crippen LogP contribution in [0.5, 0.6) is 0 Å². The average Bonchev–Trinajstić information content (AvgIpc) is 3.11. The summed E-state index contributed by atoms with van der Waals surface area (Å²) in [6.07, 6.45) is 0. The molecule has 0 radical (unpaired) electrons. The van der Waals surface area contributed by atoms with Gasteiger partial charge in [-0.3, -0.25) is 0 Å². The monoisotopic (exact) mass is 301 g/mol. The number of benzene rings is 1. The van der Waals surface area contributed by atoms with Crippen LogP contribution in [0.2, 0.25) is 0 Å². The van der Waals surface area contributed by atoms with Gasteiger partial charge in [0.15, 0.2) is 0 Å². The van der Waals surface area contributed by atoms with Crippen LogP contribution < -0.4 is 5.32 Å². The van der Waals surface area contributed by atoms with Crippen molar-refractivity contribution in [1.29, 1.82) is 0 Å². The lowest BCUT2D eigenvalue weighted by Gasteiger charge is -2.15. The summed E-state index contributed by atoms with van der Waals surface area (Å²) in [6, 6.07) is 10.2. The third-order valence-corrected chi connectivity index (χ3v) is 4.29. The van der Waals surface area contributed by atoms with Crippen molar-refractivity contribution in [2.45, 2.75) is 32.7 Å². The molecule has 5 heteroatoms. The van der Waals surface area contributed by atoms with Crippen molar-refractivity contribution in [3.8, 4) is 0 Å². The van der Waals surface area contributed by atoms with Gasteiger partial charge in [-0.25, -0.2) is 0 Å². The molecule has 1 atom stereocenters. The molecule has 0 aliphatic carbocycles. The zero-order chi connectivity index (χ0) is 14.8.